The maximum Gasteiger partial charge on any atom is 0.225 e. The lowest BCUT2D eigenvalue weighted by atomic mass is 9.94. The number of rotatable bonds is 5. The Morgan fingerprint density at radius 2 is 1.86 bits per heavy atom. The van der Waals surface area contributed by atoms with Gasteiger partial charge in [-0.25, -0.2) is 0 Å². The quantitative estimate of drug-likeness (QED) is 0.681. The van der Waals surface area contributed by atoms with Crippen LogP contribution in [0.25, 0.3) is 11.1 Å². The summed E-state index contributed by atoms with van der Waals surface area (Å²) in [5.41, 5.74) is 3.49. The van der Waals surface area contributed by atoms with E-state index in [4.69, 9.17) is 9.47 Å². The van der Waals surface area contributed by atoms with Gasteiger partial charge in [-0.15, -0.1) is 0 Å². The number of piperazine rings is 1. The highest BCUT2D eigenvalue weighted by molar-refractivity contribution is 5.76. The van der Waals surface area contributed by atoms with Crippen LogP contribution >= 0.6 is 0 Å². The number of hydrogen-bond acceptors (Lipinski definition) is 7. The number of fused-ring (bicyclic) bond motifs is 1. The van der Waals surface area contributed by atoms with E-state index in [1.165, 1.54) is 5.56 Å². The summed E-state index contributed by atoms with van der Waals surface area (Å²) in [7, 11) is 2.10. The second-order valence-electron chi connectivity index (χ2n) is 10.4. The number of nitrogens with zero attached hydrogens (tertiary/aromatic N) is 4. The van der Waals surface area contributed by atoms with E-state index in [9.17, 15) is 9.90 Å². The van der Waals surface area contributed by atoms with Crippen LogP contribution in [-0.4, -0.2) is 108 Å². The molecule has 194 valence electrons. The fourth-order valence-corrected chi connectivity index (χ4v) is 5.64. The standard InChI is InChI=1S/C28H38N4O4/c1-30-11-13-31(14-12-30)28(34)16-25-5-6-26-27(36-25)20-35-19-24(33)18-32(26)17-21-3-2-4-23(15-21)22-7-9-29-10-8-22/h2-4,7-10,15,24-27,33H,5-6,11-14,16-20H2,1H3/t24-,25-,26+,27-/m0/s1. The van der Waals surface area contributed by atoms with E-state index < -0.39 is 6.10 Å². The van der Waals surface area contributed by atoms with Crippen molar-refractivity contribution in [2.45, 2.75) is 50.2 Å². The Balaban J connectivity index is 1.25. The molecule has 8 nitrogen and oxygen atoms in total. The number of aliphatic hydroxyl groups excluding tert-OH is 1. The molecular weight excluding hydrogens is 456 g/mol. The van der Waals surface area contributed by atoms with Crippen molar-refractivity contribution < 1.29 is 19.4 Å². The van der Waals surface area contributed by atoms with Crippen LogP contribution in [0.2, 0.25) is 0 Å². The molecule has 3 fully saturated rings. The molecule has 3 saturated heterocycles. The van der Waals surface area contributed by atoms with Crippen molar-refractivity contribution in [1.29, 1.82) is 0 Å². The molecule has 3 aliphatic rings. The highest BCUT2D eigenvalue weighted by Crippen LogP contribution is 2.30. The van der Waals surface area contributed by atoms with Gasteiger partial charge in [-0.05, 0) is 54.8 Å². The largest absolute Gasteiger partial charge is 0.389 e. The van der Waals surface area contributed by atoms with Gasteiger partial charge in [0.25, 0.3) is 0 Å². The van der Waals surface area contributed by atoms with E-state index in [1.54, 1.807) is 0 Å². The Morgan fingerprint density at radius 1 is 1.06 bits per heavy atom. The Hall–Kier alpha value is -2.36. The van der Waals surface area contributed by atoms with Gasteiger partial charge in [-0.3, -0.25) is 14.7 Å². The molecule has 0 saturated carbocycles. The molecule has 1 N–H and O–H groups in total. The number of β-amino-alcohol motifs (C(OH)–C–C–N with tert-alkyl or cyclic N) is 1. The molecule has 0 unspecified atom stereocenters. The van der Waals surface area contributed by atoms with Gasteiger partial charge in [-0.1, -0.05) is 18.2 Å². The third-order valence-electron chi connectivity index (χ3n) is 7.67. The molecule has 0 radical (unpaired) electrons. The Labute approximate surface area is 213 Å². The van der Waals surface area contributed by atoms with Gasteiger partial charge >= 0.3 is 0 Å². The third-order valence-corrected chi connectivity index (χ3v) is 7.67. The minimum absolute atomic E-state index is 0.0803. The number of carbonyl (C=O) groups excluding carboxylic acids is 1. The van der Waals surface area contributed by atoms with Crippen LogP contribution in [0, 0.1) is 0 Å². The first-order valence-corrected chi connectivity index (χ1v) is 13.2. The first kappa shape index (κ1) is 25.3. The predicted molar refractivity (Wildman–Crippen MR) is 137 cm³/mol. The van der Waals surface area contributed by atoms with E-state index in [1.807, 2.05) is 29.4 Å². The van der Waals surface area contributed by atoms with Crippen molar-refractivity contribution in [3.05, 3.63) is 54.4 Å². The minimum Gasteiger partial charge on any atom is -0.389 e. The first-order chi connectivity index (χ1) is 17.5. The first-order valence-electron chi connectivity index (χ1n) is 13.2. The van der Waals surface area contributed by atoms with E-state index in [2.05, 4.69) is 46.1 Å². The summed E-state index contributed by atoms with van der Waals surface area (Å²) < 4.78 is 12.3. The molecular formula is C28H38N4O4. The lowest BCUT2D eigenvalue weighted by Gasteiger charge is -2.45. The van der Waals surface area contributed by atoms with Crippen LogP contribution in [0.1, 0.15) is 24.8 Å². The van der Waals surface area contributed by atoms with Crippen molar-refractivity contribution in [2.24, 2.45) is 0 Å². The second kappa shape index (κ2) is 11.8. The van der Waals surface area contributed by atoms with Crippen molar-refractivity contribution in [1.82, 2.24) is 19.7 Å². The smallest absolute Gasteiger partial charge is 0.225 e. The number of amides is 1. The molecule has 36 heavy (non-hydrogen) atoms. The molecule has 1 aromatic carbocycles. The molecule has 1 amide bonds. The lowest BCUT2D eigenvalue weighted by molar-refractivity contribution is -0.161. The highest BCUT2D eigenvalue weighted by atomic mass is 16.5. The zero-order valence-corrected chi connectivity index (χ0v) is 21.2. The summed E-state index contributed by atoms with van der Waals surface area (Å²) in [5, 5.41) is 10.6. The summed E-state index contributed by atoms with van der Waals surface area (Å²) in [6.07, 6.45) is 5.09. The fraction of sp³-hybridized carbons (Fsp3) is 0.571. The van der Waals surface area contributed by atoms with Crippen molar-refractivity contribution in [2.75, 3.05) is 53.0 Å². The van der Waals surface area contributed by atoms with E-state index in [0.717, 1.165) is 56.7 Å². The second-order valence-corrected chi connectivity index (χ2v) is 10.4. The van der Waals surface area contributed by atoms with Crippen LogP contribution in [0.4, 0.5) is 0 Å². The number of pyridine rings is 1. The maximum atomic E-state index is 12.9. The van der Waals surface area contributed by atoms with Crippen molar-refractivity contribution in [3.8, 4) is 11.1 Å². The topological polar surface area (TPSA) is 78.4 Å². The number of hydrogen-bond donors (Lipinski definition) is 1. The van der Waals surface area contributed by atoms with Crippen molar-refractivity contribution in [3.63, 3.8) is 0 Å². The van der Waals surface area contributed by atoms with Gasteiger partial charge in [0.15, 0.2) is 0 Å². The fourth-order valence-electron chi connectivity index (χ4n) is 5.64. The number of aliphatic hydroxyl groups is 1. The third kappa shape index (κ3) is 6.30. The van der Waals surface area contributed by atoms with E-state index in [-0.39, 0.29) is 24.2 Å². The van der Waals surface area contributed by atoms with Crippen LogP contribution in [0.3, 0.4) is 0 Å². The van der Waals surface area contributed by atoms with Gasteiger partial charge in [0.2, 0.25) is 5.91 Å². The molecule has 4 heterocycles. The number of likely N-dealkylation sites (N-methyl/N-ethyl adjacent to an activating group) is 1. The minimum atomic E-state index is -0.536. The number of aromatic nitrogens is 1. The molecule has 5 rings (SSSR count). The average Bonchev–Trinajstić information content (AvgIpc) is 2.89. The zero-order valence-electron chi connectivity index (χ0n) is 21.2. The molecule has 0 spiro atoms. The van der Waals surface area contributed by atoms with Crippen LogP contribution in [0.5, 0.6) is 0 Å². The Kier molecular flexibility index (Phi) is 8.29. The predicted octanol–water partition coefficient (Wildman–Crippen LogP) is 2.02. The molecule has 3 aliphatic heterocycles. The summed E-state index contributed by atoms with van der Waals surface area (Å²) in [6, 6.07) is 12.7. The van der Waals surface area contributed by atoms with E-state index in [0.29, 0.717) is 26.2 Å². The zero-order chi connectivity index (χ0) is 24.9. The maximum absolute atomic E-state index is 12.9. The molecule has 0 bridgehead atoms. The van der Waals surface area contributed by atoms with Gasteiger partial charge in [0.05, 0.1) is 37.9 Å². The number of ether oxygens (including phenoxy) is 2. The van der Waals surface area contributed by atoms with Gasteiger partial charge < -0.3 is 24.4 Å². The Bertz CT molecular complexity index is 998. The molecule has 0 aliphatic carbocycles. The summed E-state index contributed by atoms with van der Waals surface area (Å²) in [5.74, 6) is 0.193. The number of benzene rings is 1. The average molecular weight is 495 g/mol. The summed E-state index contributed by atoms with van der Waals surface area (Å²) in [4.78, 5) is 23.6. The Morgan fingerprint density at radius 3 is 2.67 bits per heavy atom. The SMILES string of the molecule is CN1CCN(C(=O)C[C@@H]2CC[C@@H]3[C@H](COC[C@@H](O)CN3Cc3cccc(-c4ccncc4)c3)O2)CC1. The lowest BCUT2D eigenvalue weighted by Crippen LogP contribution is -2.55. The molecule has 1 aromatic heterocycles. The van der Waals surface area contributed by atoms with Gasteiger partial charge in [0, 0.05) is 57.7 Å². The van der Waals surface area contributed by atoms with Gasteiger partial charge in [0.1, 0.15) is 0 Å². The summed E-state index contributed by atoms with van der Waals surface area (Å²) >= 11 is 0. The normalized spacial score (nSPS) is 28.2. The van der Waals surface area contributed by atoms with Crippen molar-refractivity contribution >= 4 is 5.91 Å². The highest BCUT2D eigenvalue weighted by Gasteiger charge is 2.38. The van der Waals surface area contributed by atoms with Crippen LogP contribution < -0.4 is 0 Å². The van der Waals surface area contributed by atoms with Crippen LogP contribution in [-0.2, 0) is 20.8 Å². The monoisotopic (exact) mass is 494 g/mol. The summed E-state index contributed by atoms with van der Waals surface area (Å²) in [6.45, 7) is 5.44. The molecule has 2 aromatic rings. The van der Waals surface area contributed by atoms with Crippen LogP contribution in [0.15, 0.2) is 48.8 Å². The number of carbonyl (C=O) groups is 1. The van der Waals surface area contributed by atoms with E-state index >= 15 is 0 Å². The van der Waals surface area contributed by atoms with Gasteiger partial charge in [-0.2, -0.15) is 0 Å². The molecule has 8 heteroatoms. The molecule has 4 atom stereocenters.